The molecule has 0 aliphatic carbocycles. The Bertz CT molecular complexity index is 721. The van der Waals surface area contributed by atoms with Gasteiger partial charge < -0.3 is 10.6 Å². The molecular weight excluding hydrogens is 292 g/mol. The van der Waals surface area contributed by atoms with Crippen LogP contribution in [0.4, 0.5) is 11.4 Å². The van der Waals surface area contributed by atoms with Gasteiger partial charge in [-0.05, 0) is 16.4 Å². The van der Waals surface area contributed by atoms with Gasteiger partial charge in [0.15, 0.2) is 5.52 Å². The van der Waals surface area contributed by atoms with Gasteiger partial charge in [0.05, 0.1) is 17.2 Å². The van der Waals surface area contributed by atoms with Gasteiger partial charge >= 0.3 is 5.69 Å². The Kier molecular flexibility index (Phi) is 3.59. The number of nitro groups is 1. The lowest BCUT2D eigenvalue weighted by atomic mass is 10.2. The van der Waals surface area contributed by atoms with Crippen LogP contribution in [0.15, 0.2) is 16.8 Å². The SMILES string of the molecule is NC(=O)CN1CCN(c2ccc([N+](=O)[O-])c3nonc23)CC1. The van der Waals surface area contributed by atoms with E-state index in [0.717, 1.165) is 5.69 Å². The minimum Gasteiger partial charge on any atom is -0.369 e. The van der Waals surface area contributed by atoms with Crippen molar-refractivity contribution in [1.82, 2.24) is 15.2 Å². The second-order valence-corrected chi connectivity index (χ2v) is 5.05. The van der Waals surface area contributed by atoms with Gasteiger partial charge in [-0.1, -0.05) is 0 Å². The van der Waals surface area contributed by atoms with E-state index in [1.165, 1.54) is 6.07 Å². The van der Waals surface area contributed by atoms with Gasteiger partial charge in [0, 0.05) is 32.2 Å². The van der Waals surface area contributed by atoms with Crippen LogP contribution >= 0.6 is 0 Å². The molecule has 116 valence electrons. The minimum absolute atomic E-state index is 0.132. The van der Waals surface area contributed by atoms with Crippen LogP contribution in [0.2, 0.25) is 0 Å². The Morgan fingerprint density at radius 2 is 1.95 bits per heavy atom. The molecule has 1 amide bonds. The third kappa shape index (κ3) is 2.55. The minimum atomic E-state index is -0.513. The molecule has 0 atom stereocenters. The van der Waals surface area contributed by atoms with Crippen molar-refractivity contribution in [3.63, 3.8) is 0 Å². The van der Waals surface area contributed by atoms with E-state index in [9.17, 15) is 14.9 Å². The lowest BCUT2D eigenvalue weighted by Gasteiger charge is -2.35. The number of nitrogens with zero attached hydrogens (tertiary/aromatic N) is 5. The van der Waals surface area contributed by atoms with Crippen molar-refractivity contribution in [3.8, 4) is 0 Å². The third-order valence-electron chi connectivity index (χ3n) is 3.66. The van der Waals surface area contributed by atoms with Crippen LogP contribution < -0.4 is 10.6 Å². The van der Waals surface area contributed by atoms with Crippen LogP contribution in [0, 0.1) is 10.1 Å². The van der Waals surface area contributed by atoms with Crippen molar-refractivity contribution in [2.24, 2.45) is 5.73 Å². The Morgan fingerprint density at radius 1 is 1.27 bits per heavy atom. The maximum Gasteiger partial charge on any atom is 0.300 e. The van der Waals surface area contributed by atoms with E-state index in [1.54, 1.807) is 6.07 Å². The summed E-state index contributed by atoms with van der Waals surface area (Å²) in [5.41, 5.74) is 6.30. The molecule has 1 aromatic heterocycles. The van der Waals surface area contributed by atoms with Crippen molar-refractivity contribution in [2.75, 3.05) is 37.6 Å². The molecule has 0 spiro atoms. The molecule has 0 unspecified atom stereocenters. The molecule has 0 saturated carbocycles. The smallest absolute Gasteiger partial charge is 0.300 e. The normalized spacial score (nSPS) is 16.1. The molecule has 22 heavy (non-hydrogen) atoms. The zero-order chi connectivity index (χ0) is 15.7. The molecular formula is C12H14N6O4. The zero-order valence-corrected chi connectivity index (χ0v) is 11.6. The van der Waals surface area contributed by atoms with E-state index in [1.807, 2.05) is 9.80 Å². The number of hydrogen-bond donors (Lipinski definition) is 1. The Balaban J connectivity index is 1.83. The average molecular weight is 306 g/mol. The van der Waals surface area contributed by atoms with Crippen molar-refractivity contribution in [2.45, 2.75) is 0 Å². The number of fused-ring (bicyclic) bond motifs is 1. The summed E-state index contributed by atoms with van der Waals surface area (Å²) in [4.78, 5) is 25.4. The molecule has 10 nitrogen and oxygen atoms in total. The number of amides is 1. The maximum absolute atomic E-state index is 11.0. The number of carbonyl (C=O) groups excluding carboxylic acids is 1. The first-order chi connectivity index (χ1) is 10.6. The summed E-state index contributed by atoms with van der Waals surface area (Å²) in [6.07, 6.45) is 0. The highest BCUT2D eigenvalue weighted by molar-refractivity contribution is 5.93. The number of hydrogen-bond acceptors (Lipinski definition) is 8. The molecule has 1 saturated heterocycles. The summed E-state index contributed by atoms with van der Waals surface area (Å²) in [5.74, 6) is -0.355. The van der Waals surface area contributed by atoms with E-state index in [0.29, 0.717) is 31.7 Å². The number of anilines is 1. The van der Waals surface area contributed by atoms with Gasteiger partial charge in [-0.3, -0.25) is 19.8 Å². The molecule has 0 bridgehead atoms. The van der Waals surface area contributed by atoms with Crippen LogP contribution in [0.5, 0.6) is 0 Å². The molecule has 1 fully saturated rings. The van der Waals surface area contributed by atoms with Crippen LogP contribution in [-0.2, 0) is 4.79 Å². The molecule has 1 aromatic carbocycles. The Morgan fingerprint density at radius 3 is 2.59 bits per heavy atom. The number of carbonyl (C=O) groups is 1. The van der Waals surface area contributed by atoms with E-state index >= 15 is 0 Å². The molecule has 10 heteroatoms. The molecule has 2 aromatic rings. The van der Waals surface area contributed by atoms with Crippen LogP contribution in [0.3, 0.4) is 0 Å². The molecule has 2 heterocycles. The quantitative estimate of drug-likeness (QED) is 0.603. The molecule has 1 aliphatic rings. The van der Waals surface area contributed by atoms with Crippen molar-refractivity contribution < 1.29 is 14.3 Å². The maximum atomic E-state index is 11.0. The topological polar surface area (TPSA) is 132 Å². The molecule has 0 radical (unpaired) electrons. The van der Waals surface area contributed by atoms with Crippen molar-refractivity contribution >= 4 is 28.3 Å². The van der Waals surface area contributed by atoms with Gasteiger partial charge in [-0.15, -0.1) is 0 Å². The largest absolute Gasteiger partial charge is 0.369 e. The highest BCUT2D eigenvalue weighted by Gasteiger charge is 2.25. The fourth-order valence-corrected chi connectivity index (χ4v) is 2.61. The van der Waals surface area contributed by atoms with Gasteiger partial charge in [0.25, 0.3) is 0 Å². The second-order valence-electron chi connectivity index (χ2n) is 5.05. The summed E-state index contributed by atoms with van der Waals surface area (Å²) < 4.78 is 4.66. The predicted octanol–water partition coefficient (Wildman–Crippen LogP) is -0.262. The number of benzene rings is 1. The highest BCUT2D eigenvalue weighted by Crippen LogP contribution is 2.31. The lowest BCUT2D eigenvalue weighted by molar-refractivity contribution is -0.383. The molecule has 1 aliphatic heterocycles. The fourth-order valence-electron chi connectivity index (χ4n) is 2.61. The first-order valence-electron chi connectivity index (χ1n) is 6.71. The average Bonchev–Trinajstić information content (AvgIpc) is 2.95. The van der Waals surface area contributed by atoms with Gasteiger partial charge in [-0.25, -0.2) is 4.63 Å². The second kappa shape index (κ2) is 5.56. The standard InChI is InChI=1S/C12H14N6O4/c13-10(19)7-16-3-5-17(6-4-16)8-1-2-9(18(20)21)12-11(8)14-22-15-12/h1-2H,3-7H2,(H2,13,19). The van der Waals surface area contributed by atoms with Crippen molar-refractivity contribution in [1.29, 1.82) is 0 Å². The summed E-state index contributed by atoms with van der Waals surface area (Å²) in [6, 6.07) is 3.05. The molecule has 3 rings (SSSR count). The van der Waals surface area contributed by atoms with E-state index in [4.69, 9.17) is 5.73 Å². The van der Waals surface area contributed by atoms with Crippen molar-refractivity contribution in [3.05, 3.63) is 22.2 Å². The van der Waals surface area contributed by atoms with Crippen LogP contribution in [-0.4, -0.2) is 58.8 Å². The van der Waals surface area contributed by atoms with Gasteiger partial charge in [0.2, 0.25) is 11.4 Å². The third-order valence-corrected chi connectivity index (χ3v) is 3.66. The first-order valence-corrected chi connectivity index (χ1v) is 6.71. The number of aromatic nitrogens is 2. The Hall–Kier alpha value is -2.75. The van der Waals surface area contributed by atoms with Crippen LogP contribution in [0.1, 0.15) is 0 Å². The summed E-state index contributed by atoms with van der Waals surface area (Å²) in [5, 5.41) is 18.4. The first kappa shape index (κ1) is 14.2. The predicted molar refractivity (Wildman–Crippen MR) is 76.3 cm³/mol. The van der Waals surface area contributed by atoms with E-state index in [2.05, 4.69) is 14.9 Å². The number of piperazine rings is 1. The zero-order valence-electron chi connectivity index (χ0n) is 11.6. The number of rotatable bonds is 4. The number of primary amides is 1. The highest BCUT2D eigenvalue weighted by atomic mass is 16.6. The fraction of sp³-hybridized carbons (Fsp3) is 0.417. The number of non-ortho nitro benzene ring substituents is 1. The monoisotopic (exact) mass is 306 g/mol. The lowest BCUT2D eigenvalue weighted by Crippen LogP contribution is -2.48. The summed E-state index contributed by atoms with van der Waals surface area (Å²) >= 11 is 0. The Labute approximate surface area is 124 Å². The van der Waals surface area contributed by atoms with E-state index < -0.39 is 4.92 Å². The molecule has 2 N–H and O–H groups in total. The van der Waals surface area contributed by atoms with Gasteiger partial charge in [0.1, 0.15) is 0 Å². The van der Waals surface area contributed by atoms with Gasteiger partial charge in [-0.2, -0.15) is 0 Å². The van der Waals surface area contributed by atoms with Crippen LogP contribution in [0.25, 0.3) is 11.0 Å². The summed E-state index contributed by atoms with van der Waals surface area (Å²) in [7, 11) is 0. The number of nitrogens with two attached hydrogens (primary N) is 1. The van der Waals surface area contributed by atoms with E-state index in [-0.39, 0.29) is 23.7 Å². The number of nitro benzene ring substituents is 1. The summed E-state index contributed by atoms with van der Waals surface area (Å²) in [6.45, 7) is 2.90.